The Bertz CT molecular complexity index is 185. The van der Waals surface area contributed by atoms with E-state index in [4.69, 9.17) is 17.3 Å². The van der Waals surface area contributed by atoms with Crippen LogP contribution in [-0.2, 0) is 0 Å². The van der Waals surface area contributed by atoms with Crippen molar-refractivity contribution in [2.45, 2.75) is 13.8 Å². The van der Waals surface area contributed by atoms with Crippen LogP contribution in [0, 0.1) is 0 Å². The molecule has 0 saturated heterocycles. The molecule has 0 aliphatic rings. The first-order valence-corrected chi connectivity index (χ1v) is 3.37. The number of nitrogens with two attached hydrogens (primary N) is 1. The molecule has 0 aromatic heterocycles. The highest BCUT2D eigenvalue weighted by Crippen LogP contribution is 2.04. The van der Waals surface area contributed by atoms with Gasteiger partial charge in [-0.25, -0.2) is 0 Å². The van der Waals surface area contributed by atoms with Crippen molar-refractivity contribution in [3.63, 3.8) is 0 Å². The van der Waals surface area contributed by atoms with E-state index in [2.05, 4.69) is 6.58 Å². The lowest BCUT2D eigenvalue weighted by atomic mass is 10.3. The van der Waals surface area contributed by atoms with E-state index in [-0.39, 0.29) is 0 Å². The standard InChI is InChI=1S/C8H12ClN/c1-6(2)4-5-8(10)7(3)9/h4-5H,1,10H2,2-3H3/b5-4-,8-7-. The summed E-state index contributed by atoms with van der Waals surface area (Å²) in [6.45, 7) is 7.32. The summed E-state index contributed by atoms with van der Waals surface area (Å²) in [6, 6.07) is 0. The first-order chi connectivity index (χ1) is 4.54. The van der Waals surface area contributed by atoms with Crippen molar-refractivity contribution >= 4 is 11.6 Å². The van der Waals surface area contributed by atoms with Gasteiger partial charge in [0.05, 0.1) is 0 Å². The second-order valence-corrected chi connectivity index (χ2v) is 2.74. The molecule has 0 aliphatic heterocycles. The third-order valence-electron chi connectivity index (χ3n) is 0.945. The maximum atomic E-state index is 5.59. The van der Waals surface area contributed by atoms with Crippen LogP contribution in [0.3, 0.4) is 0 Å². The zero-order valence-corrected chi connectivity index (χ0v) is 7.07. The molecule has 0 radical (unpaired) electrons. The molecule has 10 heavy (non-hydrogen) atoms. The summed E-state index contributed by atoms with van der Waals surface area (Å²) in [5.74, 6) is 0. The lowest BCUT2D eigenvalue weighted by Gasteiger charge is -1.92. The molecule has 0 aliphatic carbocycles. The molecule has 0 spiro atoms. The van der Waals surface area contributed by atoms with Gasteiger partial charge in [-0.3, -0.25) is 0 Å². The van der Waals surface area contributed by atoms with Crippen LogP contribution in [0.5, 0.6) is 0 Å². The van der Waals surface area contributed by atoms with Crippen molar-refractivity contribution in [2.75, 3.05) is 0 Å². The molecule has 2 N–H and O–H groups in total. The van der Waals surface area contributed by atoms with E-state index in [1.54, 1.807) is 13.0 Å². The van der Waals surface area contributed by atoms with Gasteiger partial charge in [0, 0.05) is 10.7 Å². The molecule has 0 heterocycles. The van der Waals surface area contributed by atoms with Gasteiger partial charge in [0.15, 0.2) is 0 Å². The van der Waals surface area contributed by atoms with Crippen LogP contribution in [0.4, 0.5) is 0 Å². The average Bonchev–Trinajstić information content (AvgIpc) is 1.82. The lowest BCUT2D eigenvalue weighted by molar-refractivity contribution is 1.36. The van der Waals surface area contributed by atoms with Crippen molar-refractivity contribution in [1.29, 1.82) is 0 Å². The maximum Gasteiger partial charge on any atom is 0.0458 e. The third-order valence-corrected chi connectivity index (χ3v) is 1.16. The van der Waals surface area contributed by atoms with Gasteiger partial charge >= 0.3 is 0 Å². The highest BCUT2D eigenvalue weighted by molar-refractivity contribution is 6.29. The molecule has 56 valence electrons. The van der Waals surface area contributed by atoms with E-state index in [1.165, 1.54) is 0 Å². The maximum absolute atomic E-state index is 5.59. The van der Waals surface area contributed by atoms with Gasteiger partial charge in [-0.15, -0.1) is 0 Å². The van der Waals surface area contributed by atoms with Crippen molar-refractivity contribution in [3.05, 3.63) is 35.0 Å². The van der Waals surface area contributed by atoms with E-state index in [1.807, 2.05) is 13.0 Å². The SMILES string of the molecule is C=C(C)/C=C\C(N)=C(/C)Cl. The number of allylic oxidation sites excluding steroid dienone is 4. The van der Waals surface area contributed by atoms with Crippen molar-refractivity contribution in [2.24, 2.45) is 5.73 Å². The van der Waals surface area contributed by atoms with Crippen LogP contribution >= 0.6 is 11.6 Å². The van der Waals surface area contributed by atoms with Gasteiger partial charge < -0.3 is 5.73 Å². The molecule has 0 atom stereocenters. The monoisotopic (exact) mass is 157 g/mol. The van der Waals surface area contributed by atoms with Crippen molar-refractivity contribution in [3.8, 4) is 0 Å². The summed E-state index contributed by atoms with van der Waals surface area (Å²) >= 11 is 5.59. The molecule has 0 fully saturated rings. The van der Waals surface area contributed by atoms with Crippen LogP contribution in [0.15, 0.2) is 35.0 Å². The van der Waals surface area contributed by atoms with Gasteiger partial charge in [-0.1, -0.05) is 29.8 Å². The molecule has 0 aromatic rings. The van der Waals surface area contributed by atoms with Gasteiger partial charge in [-0.2, -0.15) is 0 Å². The number of hydrogen-bond donors (Lipinski definition) is 1. The molecular formula is C8H12ClN. The fourth-order valence-corrected chi connectivity index (χ4v) is 0.410. The Hall–Kier alpha value is -0.690. The molecular weight excluding hydrogens is 146 g/mol. The molecule has 0 rings (SSSR count). The molecule has 0 saturated carbocycles. The molecule has 0 unspecified atom stereocenters. The normalized spacial score (nSPS) is 13.5. The average molecular weight is 158 g/mol. The van der Waals surface area contributed by atoms with Crippen molar-refractivity contribution < 1.29 is 0 Å². The summed E-state index contributed by atoms with van der Waals surface area (Å²) in [6.07, 6.45) is 3.56. The smallest absolute Gasteiger partial charge is 0.0458 e. The highest BCUT2D eigenvalue weighted by Gasteiger charge is 1.86. The third kappa shape index (κ3) is 4.21. The summed E-state index contributed by atoms with van der Waals surface area (Å²) in [7, 11) is 0. The van der Waals surface area contributed by atoms with E-state index in [0.29, 0.717) is 10.7 Å². The Kier molecular flexibility index (Phi) is 3.89. The Morgan fingerprint density at radius 1 is 1.40 bits per heavy atom. The summed E-state index contributed by atoms with van der Waals surface area (Å²) in [5.41, 5.74) is 7.03. The van der Waals surface area contributed by atoms with Crippen molar-refractivity contribution in [1.82, 2.24) is 0 Å². The zero-order chi connectivity index (χ0) is 8.15. The summed E-state index contributed by atoms with van der Waals surface area (Å²) in [4.78, 5) is 0. The molecule has 0 aromatic carbocycles. The van der Waals surface area contributed by atoms with Crippen LogP contribution in [-0.4, -0.2) is 0 Å². The minimum absolute atomic E-state index is 0.588. The lowest BCUT2D eigenvalue weighted by Crippen LogP contribution is -1.93. The van der Waals surface area contributed by atoms with E-state index < -0.39 is 0 Å². The fraction of sp³-hybridized carbons (Fsp3) is 0.250. The minimum atomic E-state index is 0.588. The second kappa shape index (κ2) is 4.18. The molecule has 0 bridgehead atoms. The van der Waals surface area contributed by atoms with Gasteiger partial charge in [0.25, 0.3) is 0 Å². The largest absolute Gasteiger partial charge is 0.398 e. The zero-order valence-electron chi connectivity index (χ0n) is 6.32. The fourth-order valence-electron chi connectivity index (χ4n) is 0.347. The number of hydrogen-bond acceptors (Lipinski definition) is 1. The summed E-state index contributed by atoms with van der Waals surface area (Å²) in [5, 5.41) is 0.609. The van der Waals surface area contributed by atoms with E-state index in [9.17, 15) is 0 Å². The van der Waals surface area contributed by atoms with Gasteiger partial charge in [0.2, 0.25) is 0 Å². The minimum Gasteiger partial charge on any atom is -0.398 e. The quantitative estimate of drug-likeness (QED) is 0.613. The summed E-state index contributed by atoms with van der Waals surface area (Å²) < 4.78 is 0. The van der Waals surface area contributed by atoms with Crippen LogP contribution in [0.1, 0.15) is 13.8 Å². The number of halogens is 1. The molecule has 2 heteroatoms. The molecule has 1 nitrogen and oxygen atoms in total. The Morgan fingerprint density at radius 3 is 2.20 bits per heavy atom. The predicted octanol–water partition coefficient (Wildman–Crippen LogP) is 2.55. The molecule has 0 amide bonds. The first-order valence-electron chi connectivity index (χ1n) is 2.99. The predicted molar refractivity (Wildman–Crippen MR) is 46.7 cm³/mol. The Labute approximate surface area is 66.9 Å². The van der Waals surface area contributed by atoms with Crippen LogP contribution in [0.2, 0.25) is 0 Å². The van der Waals surface area contributed by atoms with E-state index >= 15 is 0 Å². The van der Waals surface area contributed by atoms with E-state index in [0.717, 1.165) is 5.57 Å². The van der Waals surface area contributed by atoms with Gasteiger partial charge in [0.1, 0.15) is 0 Å². The Balaban J connectivity index is 4.16. The van der Waals surface area contributed by atoms with Crippen LogP contribution in [0.25, 0.3) is 0 Å². The number of rotatable bonds is 2. The second-order valence-electron chi connectivity index (χ2n) is 2.17. The topological polar surface area (TPSA) is 26.0 Å². The van der Waals surface area contributed by atoms with Crippen LogP contribution < -0.4 is 5.73 Å². The highest BCUT2D eigenvalue weighted by atomic mass is 35.5. The first kappa shape index (κ1) is 9.31. The Morgan fingerprint density at radius 2 is 1.90 bits per heavy atom. The van der Waals surface area contributed by atoms with Gasteiger partial charge in [-0.05, 0) is 19.9 Å².